The van der Waals surface area contributed by atoms with Crippen molar-refractivity contribution in [2.24, 2.45) is 0 Å². The van der Waals surface area contributed by atoms with Crippen molar-refractivity contribution in [1.29, 1.82) is 0 Å². The van der Waals surface area contributed by atoms with Crippen LogP contribution in [0.1, 0.15) is 22.5 Å². The van der Waals surface area contributed by atoms with Crippen molar-refractivity contribution in [2.45, 2.75) is 12.7 Å². The van der Waals surface area contributed by atoms with Crippen LogP contribution in [-0.4, -0.2) is 48.8 Å². The molecule has 7 nitrogen and oxygen atoms in total. The van der Waals surface area contributed by atoms with Gasteiger partial charge in [-0.3, -0.25) is 0 Å². The average molecular weight is 547 g/mol. The summed E-state index contributed by atoms with van der Waals surface area (Å²) in [5.41, 5.74) is 1.85. The minimum absolute atomic E-state index is 0.325. The fraction of sp³-hybridized carbons (Fsp3) is 0.276. The topological polar surface area (TPSA) is 59.3 Å². The first kappa shape index (κ1) is 29.2. The molecule has 0 bridgehead atoms. The van der Waals surface area contributed by atoms with Gasteiger partial charge in [0.25, 0.3) is 0 Å². The van der Waals surface area contributed by atoms with Crippen LogP contribution < -0.4 is 33.0 Å². The predicted molar refractivity (Wildman–Crippen MR) is 143 cm³/mol. The SMILES string of the molecule is COc1cc(OC)c(OC)cc1/C=C/c1cccc(/C=C/c2cc(OC)c(OC)cc2OC)[n+]1CC(F)(F)F. The zero-order valence-corrected chi connectivity index (χ0v) is 22.6. The highest BCUT2D eigenvalue weighted by molar-refractivity contribution is 5.75. The Balaban J connectivity index is 2.09. The lowest BCUT2D eigenvalue weighted by molar-refractivity contribution is -0.722. The van der Waals surface area contributed by atoms with Crippen LogP contribution in [0.5, 0.6) is 34.5 Å². The van der Waals surface area contributed by atoms with Crippen LogP contribution in [0.3, 0.4) is 0 Å². The molecule has 0 amide bonds. The van der Waals surface area contributed by atoms with E-state index in [1.54, 1.807) is 66.8 Å². The van der Waals surface area contributed by atoms with Crippen molar-refractivity contribution in [2.75, 3.05) is 42.7 Å². The molecule has 10 heteroatoms. The fourth-order valence-electron chi connectivity index (χ4n) is 3.94. The number of ether oxygens (including phenoxy) is 6. The third-order valence-corrected chi connectivity index (χ3v) is 5.83. The molecule has 3 aromatic rings. The first-order chi connectivity index (χ1) is 18.7. The lowest BCUT2D eigenvalue weighted by Crippen LogP contribution is -2.46. The summed E-state index contributed by atoms with van der Waals surface area (Å²) < 4.78 is 74.4. The smallest absolute Gasteiger partial charge is 0.448 e. The van der Waals surface area contributed by atoms with Crippen molar-refractivity contribution in [3.05, 3.63) is 65.0 Å². The van der Waals surface area contributed by atoms with E-state index in [-0.39, 0.29) is 0 Å². The molecular formula is C29H31F3NO6+. The summed E-state index contributed by atoms with van der Waals surface area (Å²) in [4.78, 5) is 0. The first-order valence-electron chi connectivity index (χ1n) is 11.7. The lowest BCUT2D eigenvalue weighted by atomic mass is 10.1. The predicted octanol–water partition coefficient (Wildman–Crippen LogP) is 5.93. The third kappa shape index (κ3) is 7.16. The molecule has 0 atom stereocenters. The second-order valence-electron chi connectivity index (χ2n) is 8.14. The molecule has 0 aliphatic rings. The zero-order valence-electron chi connectivity index (χ0n) is 22.6. The Labute approximate surface area is 225 Å². The molecule has 39 heavy (non-hydrogen) atoms. The summed E-state index contributed by atoms with van der Waals surface area (Å²) in [5.74, 6) is 2.81. The van der Waals surface area contributed by atoms with Gasteiger partial charge in [0.1, 0.15) is 11.5 Å². The monoisotopic (exact) mass is 546 g/mol. The Hall–Kier alpha value is -4.34. The van der Waals surface area contributed by atoms with Gasteiger partial charge in [0.15, 0.2) is 23.0 Å². The highest BCUT2D eigenvalue weighted by atomic mass is 19.4. The van der Waals surface area contributed by atoms with Crippen LogP contribution in [0.25, 0.3) is 24.3 Å². The van der Waals surface area contributed by atoms with Gasteiger partial charge >= 0.3 is 6.18 Å². The van der Waals surface area contributed by atoms with Crippen LogP contribution >= 0.6 is 0 Å². The molecule has 0 fully saturated rings. The minimum atomic E-state index is -4.46. The molecule has 0 saturated heterocycles. The number of benzene rings is 2. The maximum Gasteiger partial charge on any atom is 0.448 e. The molecular weight excluding hydrogens is 515 g/mol. The maximum absolute atomic E-state index is 13.7. The lowest BCUT2D eigenvalue weighted by Gasteiger charge is -2.12. The van der Waals surface area contributed by atoms with Crippen molar-refractivity contribution >= 4 is 24.3 Å². The standard InChI is InChI=1S/C29H31F3NO6/c1-34-23-16-27(38-5)25(36-3)14-19(23)10-12-21-8-7-9-22(33(21)18-29(30,31)32)13-11-20-15-26(37-4)28(39-6)17-24(20)35-2/h7-17H,18H2,1-6H3/q+1/b12-10+,13-11+. The molecule has 208 valence electrons. The van der Waals surface area contributed by atoms with Gasteiger partial charge in [-0.25, -0.2) is 0 Å². The molecule has 0 unspecified atom stereocenters. The summed E-state index contributed by atoms with van der Waals surface area (Å²) in [6.07, 6.45) is 2.04. The first-order valence-corrected chi connectivity index (χ1v) is 11.7. The Morgan fingerprint density at radius 3 is 1.26 bits per heavy atom. The van der Waals surface area contributed by atoms with Crippen LogP contribution in [0, 0.1) is 0 Å². The Morgan fingerprint density at radius 1 is 0.564 bits per heavy atom. The van der Waals surface area contributed by atoms with Crippen LogP contribution in [0.4, 0.5) is 13.2 Å². The van der Waals surface area contributed by atoms with E-state index in [0.29, 0.717) is 57.0 Å². The number of hydrogen-bond donors (Lipinski definition) is 0. The Bertz CT molecular complexity index is 1260. The molecule has 3 rings (SSSR count). The summed E-state index contributed by atoms with van der Waals surface area (Å²) in [5, 5.41) is 0. The van der Waals surface area contributed by atoms with Crippen LogP contribution in [0.2, 0.25) is 0 Å². The third-order valence-electron chi connectivity index (χ3n) is 5.83. The molecule has 0 N–H and O–H groups in total. The Morgan fingerprint density at radius 2 is 0.923 bits per heavy atom. The van der Waals surface area contributed by atoms with Crippen molar-refractivity contribution in [1.82, 2.24) is 0 Å². The quantitative estimate of drug-likeness (QED) is 0.278. The van der Waals surface area contributed by atoms with E-state index in [0.717, 1.165) is 0 Å². The molecule has 0 aliphatic carbocycles. The van der Waals surface area contributed by atoms with E-state index < -0.39 is 12.7 Å². The number of rotatable bonds is 11. The van der Waals surface area contributed by atoms with Gasteiger partial charge in [-0.2, -0.15) is 17.7 Å². The molecule has 0 saturated carbocycles. The molecule has 0 spiro atoms. The number of methoxy groups -OCH3 is 6. The van der Waals surface area contributed by atoms with Crippen molar-refractivity contribution in [3.8, 4) is 34.5 Å². The largest absolute Gasteiger partial charge is 0.496 e. The second-order valence-corrected chi connectivity index (χ2v) is 8.14. The summed E-state index contributed by atoms with van der Waals surface area (Å²) >= 11 is 0. The summed E-state index contributed by atoms with van der Waals surface area (Å²) in [6, 6.07) is 11.6. The second kappa shape index (κ2) is 12.9. The van der Waals surface area contributed by atoms with Crippen molar-refractivity contribution < 1.29 is 46.2 Å². The zero-order chi connectivity index (χ0) is 28.6. The number of halogens is 3. The van der Waals surface area contributed by atoms with E-state index >= 15 is 0 Å². The highest BCUT2D eigenvalue weighted by Gasteiger charge is 2.35. The van der Waals surface area contributed by atoms with Gasteiger partial charge in [-0.1, -0.05) is 0 Å². The highest BCUT2D eigenvalue weighted by Crippen LogP contribution is 2.36. The van der Waals surface area contributed by atoms with Crippen molar-refractivity contribution in [3.63, 3.8) is 0 Å². The number of pyridine rings is 1. The summed E-state index contributed by atoms with van der Waals surface area (Å²) in [6.45, 7) is -1.20. The van der Waals surface area contributed by atoms with Gasteiger partial charge in [-0.15, -0.1) is 0 Å². The van der Waals surface area contributed by atoms with Gasteiger partial charge in [0.05, 0.1) is 42.7 Å². The summed E-state index contributed by atoms with van der Waals surface area (Å²) in [7, 11) is 9.00. The maximum atomic E-state index is 13.7. The Kier molecular flexibility index (Phi) is 9.70. The minimum Gasteiger partial charge on any atom is -0.496 e. The molecule has 1 heterocycles. The molecule has 0 radical (unpaired) electrons. The molecule has 1 aromatic heterocycles. The van der Waals surface area contributed by atoms with E-state index in [1.807, 2.05) is 0 Å². The molecule has 0 aliphatic heterocycles. The van der Waals surface area contributed by atoms with E-state index in [4.69, 9.17) is 28.4 Å². The van der Waals surface area contributed by atoms with E-state index in [9.17, 15) is 13.2 Å². The van der Waals surface area contributed by atoms with Crippen LogP contribution in [0.15, 0.2) is 42.5 Å². The number of nitrogens with zero attached hydrogens (tertiary/aromatic N) is 1. The van der Waals surface area contributed by atoms with E-state index in [2.05, 4.69) is 0 Å². The number of aromatic nitrogens is 1. The van der Waals surface area contributed by atoms with Gasteiger partial charge in [0, 0.05) is 47.5 Å². The number of alkyl halides is 3. The number of hydrogen-bond acceptors (Lipinski definition) is 6. The van der Waals surface area contributed by atoms with E-state index in [1.165, 1.54) is 47.2 Å². The average Bonchev–Trinajstić information content (AvgIpc) is 2.93. The normalized spacial score (nSPS) is 11.6. The van der Waals surface area contributed by atoms with Gasteiger partial charge in [-0.05, 0) is 30.4 Å². The molecule has 2 aromatic carbocycles. The fourth-order valence-corrected chi connectivity index (χ4v) is 3.94. The van der Waals surface area contributed by atoms with Crippen LogP contribution in [-0.2, 0) is 6.54 Å². The van der Waals surface area contributed by atoms with Gasteiger partial charge < -0.3 is 28.4 Å². The van der Waals surface area contributed by atoms with Gasteiger partial charge in [0.2, 0.25) is 17.9 Å².